The maximum Gasteiger partial charge on any atom is 0.149 e. The van der Waals surface area contributed by atoms with E-state index in [1.165, 1.54) is 38.7 Å². The molecule has 5 rings (SSSR count). The quantitative estimate of drug-likeness (QED) is 0.478. The number of anilines is 1. The lowest BCUT2D eigenvalue weighted by Gasteiger charge is -2.15. The van der Waals surface area contributed by atoms with E-state index in [1.807, 2.05) is 22.9 Å². The molecule has 1 saturated heterocycles. The average Bonchev–Trinajstić information content (AvgIpc) is 3.45. The number of hydrogen-bond acceptors (Lipinski definition) is 7. The summed E-state index contributed by atoms with van der Waals surface area (Å²) in [5, 5.41) is 18.4. The van der Waals surface area contributed by atoms with Gasteiger partial charge in [-0.15, -0.1) is 0 Å². The molecule has 0 unspecified atom stereocenters. The fourth-order valence-electron chi connectivity index (χ4n) is 3.41. The molecule has 4 aromatic heterocycles. The van der Waals surface area contributed by atoms with Crippen LogP contribution in [0.15, 0.2) is 43.2 Å². The van der Waals surface area contributed by atoms with E-state index in [-0.39, 0.29) is 6.04 Å². The molecule has 0 aliphatic carbocycles. The van der Waals surface area contributed by atoms with Gasteiger partial charge < -0.3 is 10.6 Å². The molecule has 5 heterocycles. The molecule has 0 bridgehead atoms. The molecule has 1 aliphatic heterocycles. The molecular weight excluding hydrogens is 378 g/mol. The maximum absolute atomic E-state index is 4.58. The van der Waals surface area contributed by atoms with Gasteiger partial charge in [-0.2, -0.15) is 15.4 Å². The molecule has 30 heavy (non-hydrogen) atoms. The number of pyridine rings is 1. The molecule has 1 fully saturated rings. The number of aromatic nitrogens is 7. The van der Waals surface area contributed by atoms with Gasteiger partial charge in [0.15, 0.2) is 0 Å². The van der Waals surface area contributed by atoms with E-state index in [0.717, 1.165) is 33.8 Å². The van der Waals surface area contributed by atoms with E-state index in [4.69, 9.17) is 0 Å². The van der Waals surface area contributed by atoms with E-state index in [1.54, 1.807) is 18.6 Å². The van der Waals surface area contributed by atoms with Crippen LogP contribution in [0.5, 0.6) is 0 Å². The SMILES string of the molecule is C1CCNCC1.CC(C)Nc1cc(-n2ccc3cncnc32)ncc1-c1cn[nH]n1. The van der Waals surface area contributed by atoms with Gasteiger partial charge in [0, 0.05) is 47.3 Å². The van der Waals surface area contributed by atoms with Gasteiger partial charge in [-0.1, -0.05) is 6.42 Å². The molecule has 9 heteroatoms. The molecule has 0 aromatic carbocycles. The van der Waals surface area contributed by atoms with Gasteiger partial charge in [0.25, 0.3) is 0 Å². The molecule has 0 saturated carbocycles. The largest absolute Gasteiger partial charge is 0.382 e. The Hall–Kier alpha value is -3.33. The van der Waals surface area contributed by atoms with Crippen LogP contribution >= 0.6 is 0 Å². The lowest BCUT2D eigenvalue weighted by Crippen LogP contribution is -2.21. The summed E-state index contributed by atoms with van der Waals surface area (Å²) in [5.41, 5.74) is 3.41. The molecule has 156 valence electrons. The van der Waals surface area contributed by atoms with E-state index < -0.39 is 0 Å². The first-order valence-electron chi connectivity index (χ1n) is 10.3. The maximum atomic E-state index is 4.58. The highest BCUT2D eigenvalue weighted by atomic mass is 15.3. The zero-order chi connectivity index (χ0) is 20.8. The number of H-pyrrole nitrogens is 1. The smallest absolute Gasteiger partial charge is 0.149 e. The molecule has 0 atom stereocenters. The van der Waals surface area contributed by atoms with Crippen LogP contribution in [0.25, 0.3) is 28.1 Å². The van der Waals surface area contributed by atoms with Crippen LogP contribution in [0.4, 0.5) is 5.69 Å². The summed E-state index contributed by atoms with van der Waals surface area (Å²) in [6.07, 6.45) is 13.0. The number of piperidine rings is 1. The average molecular weight is 406 g/mol. The van der Waals surface area contributed by atoms with Crippen LogP contribution in [0.2, 0.25) is 0 Å². The summed E-state index contributed by atoms with van der Waals surface area (Å²) in [4.78, 5) is 13.0. The molecule has 0 amide bonds. The second-order valence-corrected chi connectivity index (χ2v) is 7.54. The molecule has 3 N–H and O–H groups in total. The van der Waals surface area contributed by atoms with Crippen molar-refractivity contribution in [3.63, 3.8) is 0 Å². The van der Waals surface area contributed by atoms with Crippen molar-refractivity contribution in [2.45, 2.75) is 39.2 Å². The van der Waals surface area contributed by atoms with Crippen molar-refractivity contribution >= 4 is 16.7 Å². The third kappa shape index (κ3) is 4.62. The molecule has 9 nitrogen and oxygen atoms in total. The Labute approximate surface area is 175 Å². The topological polar surface area (TPSA) is 109 Å². The summed E-state index contributed by atoms with van der Waals surface area (Å²) in [5.74, 6) is 0.777. The second-order valence-electron chi connectivity index (χ2n) is 7.54. The zero-order valence-corrected chi connectivity index (χ0v) is 17.3. The minimum Gasteiger partial charge on any atom is -0.382 e. The minimum atomic E-state index is 0.273. The number of hydrogen-bond donors (Lipinski definition) is 3. The number of rotatable bonds is 4. The Morgan fingerprint density at radius 2 is 1.93 bits per heavy atom. The van der Waals surface area contributed by atoms with E-state index in [2.05, 4.69) is 54.8 Å². The van der Waals surface area contributed by atoms with Gasteiger partial charge in [-0.05, 0) is 45.8 Å². The fourth-order valence-corrected chi connectivity index (χ4v) is 3.41. The van der Waals surface area contributed by atoms with E-state index in [9.17, 15) is 0 Å². The van der Waals surface area contributed by atoms with Crippen molar-refractivity contribution in [2.24, 2.45) is 0 Å². The summed E-state index contributed by atoms with van der Waals surface area (Å²) in [7, 11) is 0. The third-order valence-corrected chi connectivity index (χ3v) is 4.83. The Morgan fingerprint density at radius 3 is 2.60 bits per heavy atom. The molecule has 1 aliphatic rings. The molecule has 4 aromatic rings. The number of nitrogens with one attached hydrogen (secondary N) is 3. The summed E-state index contributed by atoms with van der Waals surface area (Å²) < 4.78 is 1.94. The number of nitrogens with zero attached hydrogens (tertiary/aromatic N) is 6. The van der Waals surface area contributed by atoms with Gasteiger partial charge >= 0.3 is 0 Å². The Bertz CT molecular complexity index is 1050. The predicted octanol–water partition coefficient (Wildman–Crippen LogP) is 3.18. The van der Waals surface area contributed by atoms with Gasteiger partial charge in [-0.3, -0.25) is 4.57 Å². The number of fused-ring (bicyclic) bond motifs is 1. The van der Waals surface area contributed by atoms with Crippen LogP contribution in [-0.2, 0) is 0 Å². The first-order valence-corrected chi connectivity index (χ1v) is 10.3. The first kappa shape index (κ1) is 20.0. The molecular formula is C21H27N9. The van der Waals surface area contributed by atoms with Crippen LogP contribution in [0.3, 0.4) is 0 Å². The molecule has 0 radical (unpaired) electrons. The lowest BCUT2D eigenvalue weighted by atomic mass is 10.1. The Balaban J connectivity index is 0.000000313. The summed E-state index contributed by atoms with van der Waals surface area (Å²) in [6, 6.07) is 4.23. The molecule has 0 spiro atoms. The minimum absolute atomic E-state index is 0.273. The van der Waals surface area contributed by atoms with Crippen LogP contribution in [0, 0.1) is 0 Å². The highest BCUT2D eigenvalue weighted by molar-refractivity contribution is 5.79. The highest BCUT2D eigenvalue weighted by Crippen LogP contribution is 2.28. The Morgan fingerprint density at radius 1 is 1.07 bits per heavy atom. The van der Waals surface area contributed by atoms with E-state index in [0.29, 0.717) is 0 Å². The van der Waals surface area contributed by atoms with Crippen molar-refractivity contribution in [3.05, 3.63) is 43.2 Å². The first-order chi connectivity index (χ1) is 14.7. The highest BCUT2D eigenvalue weighted by Gasteiger charge is 2.13. The van der Waals surface area contributed by atoms with Gasteiger partial charge in [0.1, 0.15) is 23.5 Å². The van der Waals surface area contributed by atoms with Crippen molar-refractivity contribution < 1.29 is 0 Å². The standard InChI is InChI=1S/C16H16N8.C5H11N/c1-10(2)21-13-5-15(18-7-12(13)14-8-20-23-22-14)24-4-3-11-6-17-9-19-16(11)24;1-2-4-6-5-3-1/h3-10H,1-2H3,(H,18,21)(H,20,22,23);6H,1-5H2. The zero-order valence-electron chi connectivity index (χ0n) is 17.3. The van der Waals surface area contributed by atoms with Gasteiger partial charge in [0.05, 0.1) is 6.20 Å². The van der Waals surface area contributed by atoms with Crippen molar-refractivity contribution in [3.8, 4) is 17.1 Å². The predicted molar refractivity (Wildman–Crippen MR) is 118 cm³/mol. The van der Waals surface area contributed by atoms with E-state index >= 15 is 0 Å². The van der Waals surface area contributed by atoms with Crippen molar-refractivity contribution in [2.75, 3.05) is 18.4 Å². The number of aromatic amines is 1. The summed E-state index contributed by atoms with van der Waals surface area (Å²) >= 11 is 0. The van der Waals surface area contributed by atoms with Gasteiger partial charge in [-0.25, -0.2) is 15.0 Å². The third-order valence-electron chi connectivity index (χ3n) is 4.83. The van der Waals surface area contributed by atoms with Gasteiger partial charge in [0.2, 0.25) is 0 Å². The normalized spacial score (nSPS) is 13.8. The van der Waals surface area contributed by atoms with Crippen molar-refractivity contribution in [1.82, 2.24) is 40.2 Å². The fraction of sp³-hybridized carbons (Fsp3) is 0.381. The van der Waals surface area contributed by atoms with Crippen molar-refractivity contribution in [1.29, 1.82) is 0 Å². The second kappa shape index (κ2) is 9.45. The van der Waals surface area contributed by atoms with Crippen LogP contribution in [0.1, 0.15) is 33.1 Å². The Kier molecular flexibility index (Phi) is 6.29. The van der Waals surface area contributed by atoms with Crippen LogP contribution in [-0.4, -0.2) is 54.1 Å². The summed E-state index contributed by atoms with van der Waals surface area (Å²) in [6.45, 7) is 6.68. The lowest BCUT2D eigenvalue weighted by molar-refractivity contribution is 0.520. The monoisotopic (exact) mass is 405 g/mol. The van der Waals surface area contributed by atoms with Crippen LogP contribution < -0.4 is 10.6 Å².